The monoisotopic (exact) mass is 564 g/mol. The van der Waals surface area contributed by atoms with Crippen molar-refractivity contribution in [3.05, 3.63) is 77.3 Å². The van der Waals surface area contributed by atoms with E-state index in [4.69, 9.17) is 27.1 Å². The van der Waals surface area contributed by atoms with Crippen molar-refractivity contribution in [1.82, 2.24) is 19.9 Å². The van der Waals surface area contributed by atoms with Gasteiger partial charge in [0.2, 0.25) is 5.82 Å². The minimum Gasteiger partial charge on any atom is -0.484 e. The molecule has 2 aromatic carbocycles. The molecule has 5 rings (SSSR count). The predicted molar refractivity (Wildman–Crippen MR) is 143 cm³/mol. The van der Waals surface area contributed by atoms with Crippen LogP contribution >= 0.6 is 11.6 Å². The number of aromatic nitrogens is 3. The Balaban J connectivity index is 1.38. The van der Waals surface area contributed by atoms with E-state index < -0.39 is 12.1 Å². The molecule has 0 spiro atoms. The Morgan fingerprint density at radius 3 is 2.27 bits per heavy atom. The maximum atomic E-state index is 13.4. The standard InChI is InChI=1S/C27H22ClFN6O5/c28-17-3-7-19(8-4-17)39-15-22(36)34-11-13-35(14-12-34)25-23-21(32-24(33-25)26(37)40-27(30)38)10-9-20(31-23)16-1-5-18(29)6-2-16/h1-10H,11-15H2,(H2,30,38). The summed E-state index contributed by atoms with van der Waals surface area (Å²) in [5.41, 5.74) is 6.90. The summed E-state index contributed by atoms with van der Waals surface area (Å²) in [5, 5.41) is 0.567. The van der Waals surface area contributed by atoms with Crippen LogP contribution in [0.15, 0.2) is 60.7 Å². The highest BCUT2D eigenvalue weighted by atomic mass is 35.5. The van der Waals surface area contributed by atoms with Crippen LogP contribution < -0.4 is 15.4 Å². The molecule has 1 fully saturated rings. The molecule has 1 aliphatic heterocycles. The molecule has 4 aromatic rings. The normalized spacial score (nSPS) is 13.2. The van der Waals surface area contributed by atoms with Crippen molar-refractivity contribution in [3.8, 4) is 17.0 Å². The van der Waals surface area contributed by atoms with Gasteiger partial charge in [-0.15, -0.1) is 0 Å². The molecule has 11 nitrogen and oxygen atoms in total. The maximum absolute atomic E-state index is 13.4. The Labute approximate surface area is 232 Å². The van der Waals surface area contributed by atoms with E-state index in [2.05, 4.69) is 14.7 Å². The van der Waals surface area contributed by atoms with Gasteiger partial charge in [0.1, 0.15) is 17.1 Å². The summed E-state index contributed by atoms with van der Waals surface area (Å²) in [4.78, 5) is 53.1. The van der Waals surface area contributed by atoms with Crippen molar-refractivity contribution < 1.29 is 28.2 Å². The van der Waals surface area contributed by atoms with Gasteiger partial charge in [0.05, 0.1) is 11.2 Å². The SMILES string of the molecule is NC(=O)OC(=O)c1nc(N2CCN(C(=O)COc3ccc(Cl)cc3)CC2)c2nc(-c3ccc(F)cc3)ccc2n1. The Morgan fingerprint density at radius 1 is 0.900 bits per heavy atom. The van der Waals surface area contributed by atoms with Gasteiger partial charge in [-0.25, -0.2) is 28.9 Å². The second-order valence-electron chi connectivity index (χ2n) is 8.76. The third kappa shape index (κ3) is 6.07. The lowest BCUT2D eigenvalue weighted by molar-refractivity contribution is -0.133. The molecule has 3 heterocycles. The summed E-state index contributed by atoms with van der Waals surface area (Å²) >= 11 is 5.88. The largest absolute Gasteiger partial charge is 0.484 e. The summed E-state index contributed by atoms with van der Waals surface area (Å²) in [6.45, 7) is 1.31. The summed E-state index contributed by atoms with van der Waals surface area (Å²) < 4.78 is 23.5. The molecule has 0 unspecified atom stereocenters. The lowest BCUT2D eigenvalue weighted by atomic mass is 10.1. The number of carbonyl (C=O) groups is 3. The van der Waals surface area contributed by atoms with Crippen LogP contribution in [0.3, 0.4) is 0 Å². The number of fused-ring (bicyclic) bond motifs is 1. The maximum Gasteiger partial charge on any atom is 0.412 e. The van der Waals surface area contributed by atoms with Crippen molar-refractivity contribution >= 4 is 46.4 Å². The predicted octanol–water partition coefficient (Wildman–Crippen LogP) is 3.45. The number of pyridine rings is 1. The number of halogens is 2. The first kappa shape index (κ1) is 26.8. The van der Waals surface area contributed by atoms with Crippen LogP contribution in [-0.4, -0.2) is 70.6 Å². The lowest BCUT2D eigenvalue weighted by Crippen LogP contribution is -2.50. The number of nitrogens with zero attached hydrogens (tertiary/aromatic N) is 5. The topological polar surface area (TPSA) is 141 Å². The van der Waals surface area contributed by atoms with Gasteiger partial charge in [0.25, 0.3) is 5.91 Å². The van der Waals surface area contributed by atoms with Gasteiger partial charge in [0, 0.05) is 36.8 Å². The highest BCUT2D eigenvalue weighted by Gasteiger charge is 2.26. The van der Waals surface area contributed by atoms with Crippen LogP contribution in [0.1, 0.15) is 10.6 Å². The molecule has 40 heavy (non-hydrogen) atoms. The fourth-order valence-electron chi connectivity index (χ4n) is 4.16. The van der Waals surface area contributed by atoms with Gasteiger partial charge in [0.15, 0.2) is 12.4 Å². The molecule has 0 radical (unpaired) electrons. The number of amides is 2. The first-order valence-electron chi connectivity index (χ1n) is 12.1. The molecule has 13 heteroatoms. The van der Waals surface area contributed by atoms with Gasteiger partial charge in [-0.1, -0.05) is 11.6 Å². The Kier molecular flexibility index (Phi) is 7.69. The highest BCUT2D eigenvalue weighted by molar-refractivity contribution is 6.30. The molecule has 0 aliphatic carbocycles. The molecule has 1 saturated heterocycles. The van der Waals surface area contributed by atoms with E-state index in [9.17, 15) is 18.8 Å². The second-order valence-corrected chi connectivity index (χ2v) is 9.20. The first-order chi connectivity index (χ1) is 19.3. The fraction of sp³-hybridized carbons (Fsp3) is 0.185. The number of ether oxygens (including phenoxy) is 2. The number of carbonyl (C=O) groups excluding carboxylic acids is 3. The minimum absolute atomic E-state index is 0.135. The number of primary amides is 1. The zero-order valence-electron chi connectivity index (χ0n) is 20.9. The van der Waals surface area contributed by atoms with E-state index in [0.29, 0.717) is 65.1 Å². The van der Waals surface area contributed by atoms with Crippen LogP contribution in [0.25, 0.3) is 22.3 Å². The van der Waals surface area contributed by atoms with Crippen LogP contribution in [-0.2, 0) is 9.53 Å². The van der Waals surface area contributed by atoms with Crippen molar-refractivity contribution in [1.29, 1.82) is 0 Å². The number of nitrogens with two attached hydrogens (primary N) is 1. The minimum atomic E-state index is -1.28. The fourth-order valence-corrected chi connectivity index (χ4v) is 4.29. The second kappa shape index (κ2) is 11.5. The molecule has 204 valence electrons. The van der Waals surface area contributed by atoms with Crippen LogP contribution in [0.2, 0.25) is 5.02 Å². The molecule has 2 N–H and O–H groups in total. The number of anilines is 1. The van der Waals surface area contributed by atoms with Crippen LogP contribution in [0.5, 0.6) is 5.75 Å². The number of benzene rings is 2. The van der Waals surface area contributed by atoms with Gasteiger partial charge in [-0.2, -0.15) is 0 Å². The average molecular weight is 565 g/mol. The number of rotatable bonds is 6. The quantitative estimate of drug-likeness (QED) is 0.275. The third-order valence-corrected chi connectivity index (χ3v) is 6.40. The Bertz CT molecular complexity index is 1580. The molecule has 0 saturated carbocycles. The van der Waals surface area contributed by atoms with E-state index in [1.807, 2.05) is 4.90 Å². The number of esters is 1. The number of hydrogen-bond acceptors (Lipinski definition) is 9. The molecular formula is C27H22ClFN6O5. The third-order valence-electron chi connectivity index (χ3n) is 6.15. The van der Waals surface area contributed by atoms with E-state index in [1.165, 1.54) is 12.1 Å². The van der Waals surface area contributed by atoms with Crippen molar-refractivity contribution in [2.75, 3.05) is 37.7 Å². The summed E-state index contributed by atoms with van der Waals surface area (Å²) in [5.74, 6) is -1.20. The summed E-state index contributed by atoms with van der Waals surface area (Å²) in [7, 11) is 0. The summed E-state index contributed by atoms with van der Waals surface area (Å²) in [6.07, 6.45) is -1.28. The molecule has 2 aromatic heterocycles. The first-order valence-corrected chi connectivity index (χ1v) is 12.5. The van der Waals surface area contributed by atoms with Crippen LogP contribution in [0.4, 0.5) is 15.0 Å². The highest BCUT2D eigenvalue weighted by Crippen LogP contribution is 2.27. The molecular weight excluding hydrogens is 543 g/mol. The van der Waals surface area contributed by atoms with Crippen molar-refractivity contribution in [2.24, 2.45) is 5.73 Å². The Hall–Kier alpha value is -4.84. The average Bonchev–Trinajstić information content (AvgIpc) is 2.96. The number of hydrogen-bond donors (Lipinski definition) is 1. The van der Waals surface area contributed by atoms with Crippen LogP contribution in [0, 0.1) is 5.82 Å². The lowest BCUT2D eigenvalue weighted by Gasteiger charge is -2.35. The zero-order chi connectivity index (χ0) is 28.2. The summed E-state index contributed by atoms with van der Waals surface area (Å²) in [6, 6.07) is 15.9. The van der Waals surface area contributed by atoms with Gasteiger partial charge in [-0.3, -0.25) is 4.79 Å². The molecule has 1 aliphatic rings. The van der Waals surface area contributed by atoms with Crippen molar-refractivity contribution in [3.63, 3.8) is 0 Å². The van der Waals surface area contributed by atoms with Gasteiger partial charge in [-0.05, 0) is 60.7 Å². The van der Waals surface area contributed by atoms with Crippen molar-refractivity contribution in [2.45, 2.75) is 0 Å². The van der Waals surface area contributed by atoms with Gasteiger partial charge >= 0.3 is 12.1 Å². The molecule has 0 bridgehead atoms. The molecule has 0 atom stereocenters. The number of piperazine rings is 1. The Morgan fingerprint density at radius 2 is 1.60 bits per heavy atom. The van der Waals surface area contributed by atoms with E-state index in [0.717, 1.165) is 0 Å². The zero-order valence-corrected chi connectivity index (χ0v) is 21.7. The smallest absolute Gasteiger partial charge is 0.412 e. The van der Waals surface area contributed by atoms with E-state index in [1.54, 1.807) is 53.4 Å². The van der Waals surface area contributed by atoms with E-state index >= 15 is 0 Å². The van der Waals surface area contributed by atoms with Gasteiger partial charge < -0.3 is 25.0 Å². The van der Waals surface area contributed by atoms with E-state index in [-0.39, 0.29) is 24.2 Å². The molecule has 2 amide bonds.